The molecule has 1 amide bonds. The Bertz CT molecular complexity index is 286. The molecule has 0 spiro atoms. The number of carboxylic acid groups (broad SMARTS) is 1. The summed E-state index contributed by atoms with van der Waals surface area (Å²) >= 11 is 0. The molecule has 1 aliphatic carbocycles. The van der Waals surface area contributed by atoms with Gasteiger partial charge in [0.25, 0.3) is 0 Å². The first-order chi connectivity index (χ1) is 7.00. The number of carbonyl (C=O) groups excluding carboxylic acids is 1. The van der Waals surface area contributed by atoms with E-state index in [1.165, 1.54) is 0 Å². The van der Waals surface area contributed by atoms with Crippen LogP contribution in [0.1, 0.15) is 26.2 Å². The number of nitrogens with one attached hydrogen (secondary N) is 1. The molecule has 0 unspecified atom stereocenters. The van der Waals surface area contributed by atoms with Gasteiger partial charge in [-0.2, -0.15) is 0 Å². The number of amides is 1. The van der Waals surface area contributed by atoms with Crippen LogP contribution in [0.3, 0.4) is 0 Å². The molecule has 2 N–H and O–H groups in total. The summed E-state index contributed by atoms with van der Waals surface area (Å²) in [5, 5.41) is 11.5. The van der Waals surface area contributed by atoms with Crippen molar-refractivity contribution in [3.63, 3.8) is 0 Å². The minimum absolute atomic E-state index is 0.0400. The Morgan fingerprint density at radius 2 is 2.00 bits per heavy atom. The zero-order valence-corrected chi connectivity index (χ0v) is 8.95. The Balaban J connectivity index is 2.36. The maximum Gasteiger partial charge on any atom is 0.306 e. The second-order valence-corrected chi connectivity index (χ2v) is 4.22. The van der Waals surface area contributed by atoms with Crippen LogP contribution >= 0.6 is 0 Å². The topological polar surface area (TPSA) is 66.4 Å². The summed E-state index contributed by atoms with van der Waals surface area (Å²) in [4.78, 5) is 22.3. The highest BCUT2D eigenvalue weighted by Crippen LogP contribution is 2.30. The molecule has 4 nitrogen and oxygen atoms in total. The van der Waals surface area contributed by atoms with Crippen LogP contribution in [0.25, 0.3) is 0 Å². The van der Waals surface area contributed by atoms with Gasteiger partial charge in [0.2, 0.25) is 5.91 Å². The summed E-state index contributed by atoms with van der Waals surface area (Å²) in [6, 6.07) is 0. The van der Waals surface area contributed by atoms with Crippen molar-refractivity contribution in [1.29, 1.82) is 0 Å². The third-order valence-corrected chi connectivity index (χ3v) is 2.72. The zero-order valence-electron chi connectivity index (χ0n) is 8.95. The fourth-order valence-electron chi connectivity index (χ4n) is 1.83. The van der Waals surface area contributed by atoms with Crippen molar-refractivity contribution >= 4 is 11.9 Å². The Hall–Kier alpha value is -1.32. The van der Waals surface area contributed by atoms with E-state index in [9.17, 15) is 9.59 Å². The highest BCUT2D eigenvalue weighted by atomic mass is 16.4. The highest BCUT2D eigenvalue weighted by Gasteiger charge is 2.33. The average Bonchev–Trinajstić information content (AvgIpc) is 2.62. The predicted octanol–water partition coefficient (Wildman–Crippen LogP) is 1.18. The second-order valence-electron chi connectivity index (χ2n) is 4.22. The van der Waals surface area contributed by atoms with E-state index in [0.29, 0.717) is 25.8 Å². The van der Waals surface area contributed by atoms with E-state index < -0.39 is 5.97 Å². The van der Waals surface area contributed by atoms with Gasteiger partial charge in [-0.15, -0.1) is 0 Å². The third kappa shape index (κ3) is 3.38. The van der Waals surface area contributed by atoms with Crippen LogP contribution in [0.15, 0.2) is 12.2 Å². The lowest BCUT2D eigenvalue weighted by Gasteiger charge is -2.10. The number of rotatable bonds is 4. The van der Waals surface area contributed by atoms with E-state index in [-0.39, 0.29) is 17.7 Å². The van der Waals surface area contributed by atoms with Gasteiger partial charge in [-0.05, 0) is 26.2 Å². The molecule has 15 heavy (non-hydrogen) atoms. The standard InChI is InChI=1S/C11H17NO3/c1-7(2)6-12-10(13)8-3-4-9(5-8)11(14)15/h8-9H,1,3-6H2,2H3,(H,12,13)(H,14,15)/t8-,9+/m1/s1. The average molecular weight is 211 g/mol. The van der Waals surface area contributed by atoms with Gasteiger partial charge in [-0.25, -0.2) is 0 Å². The second kappa shape index (κ2) is 4.96. The largest absolute Gasteiger partial charge is 0.481 e. The minimum Gasteiger partial charge on any atom is -0.481 e. The lowest BCUT2D eigenvalue weighted by molar-refractivity contribution is -0.141. The van der Waals surface area contributed by atoms with E-state index in [1.807, 2.05) is 6.92 Å². The number of carboxylic acids is 1. The molecule has 1 fully saturated rings. The van der Waals surface area contributed by atoms with Crippen molar-refractivity contribution < 1.29 is 14.7 Å². The molecule has 84 valence electrons. The van der Waals surface area contributed by atoms with E-state index in [1.54, 1.807) is 0 Å². The van der Waals surface area contributed by atoms with Crippen molar-refractivity contribution in [2.24, 2.45) is 11.8 Å². The zero-order chi connectivity index (χ0) is 11.4. The molecule has 0 heterocycles. The smallest absolute Gasteiger partial charge is 0.306 e. The monoisotopic (exact) mass is 211 g/mol. The van der Waals surface area contributed by atoms with Crippen molar-refractivity contribution in [2.75, 3.05) is 6.54 Å². The molecule has 1 rings (SSSR count). The fraction of sp³-hybridized carbons (Fsp3) is 0.636. The van der Waals surface area contributed by atoms with Gasteiger partial charge in [0.15, 0.2) is 0 Å². The van der Waals surface area contributed by atoms with Crippen molar-refractivity contribution in [3.05, 3.63) is 12.2 Å². The summed E-state index contributed by atoms with van der Waals surface area (Å²) in [5.41, 5.74) is 0.899. The quantitative estimate of drug-likeness (QED) is 0.686. The van der Waals surface area contributed by atoms with Crippen LogP contribution in [-0.4, -0.2) is 23.5 Å². The van der Waals surface area contributed by atoms with Gasteiger partial charge in [0.1, 0.15) is 0 Å². The molecule has 0 aromatic heterocycles. The molecule has 0 radical (unpaired) electrons. The van der Waals surface area contributed by atoms with Crippen molar-refractivity contribution in [2.45, 2.75) is 26.2 Å². The minimum atomic E-state index is -0.787. The van der Waals surface area contributed by atoms with Gasteiger partial charge >= 0.3 is 5.97 Å². The summed E-state index contributed by atoms with van der Waals surface area (Å²) in [5.74, 6) is -1.30. The number of aliphatic carboxylic acids is 1. The van der Waals surface area contributed by atoms with Gasteiger partial charge in [-0.3, -0.25) is 9.59 Å². The van der Waals surface area contributed by atoms with Crippen LogP contribution in [-0.2, 0) is 9.59 Å². The number of hydrogen-bond acceptors (Lipinski definition) is 2. The van der Waals surface area contributed by atoms with Crippen LogP contribution in [0.2, 0.25) is 0 Å². The maximum absolute atomic E-state index is 11.6. The molecule has 0 bridgehead atoms. The van der Waals surface area contributed by atoms with Crippen LogP contribution in [0.4, 0.5) is 0 Å². The van der Waals surface area contributed by atoms with Crippen LogP contribution in [0, 0.1) is 11.8 Å². The SMILES string of the molecule is C=C(C)CNC(=O)[C@@H]1CC[C@H](C(=O)O)C1. The lowest BCUT2D eigenvalue weighted by atomic mass is 10.0. The molecule has 0 aromatic carbocycles. The van der Waals surface area contributed by atoms with Crippen molar-refractivity contribution in [3.8, 4) is 0 Å². The van der Waals surface area contributed by atoms with E-state index in [2.05, 4.69) is 11.9 Å². The first-order valence-electron chi connectivity index (χ1n) is 5.15. The molecular formula is C11H17NO3. The Kier molecular flexibility index (Phi) is 3.88. The number of hydrogen-bond donors (Lipinski definition) is 2. The van der Waals surface area contributed by atoms with E-state index >= 15 is 0 Å². The van der Waals surface area contributed by atoms with E-state index in [0.717, 1.165) is 5.57 Å². The highest BCUT2D eigenvalue weighted by molar-refractivity contribution is 5.81. The van der Waals surface area contributed by atoms with E-state index in [4.69, 9.17) is 5.11 Å². The van der Waals surface area contributed by atoms with Gasteiger partial charge < -0.3 is 10.4 Å². The molecule has 0 saturated heterocycles. The molecular weight excluding hydrogens is 194 g/mol. The fourth-order valence-corrected chi connectivity index (χ4v) is 1.83. The van der Waals surface area contributed by atoms with Crippen LogP contribution < -0.4 is 5.32 Å². The summed E-state index contributed by atoms with van der Waals surface area (Å²) < 4.78 is 0. The van der Waals surface area contributed by atoms with Crippen LogP contribution in [0.5, 0.6) is 0 Å². The first kappa shape index (κ1) is 11.8. The lowest BCUT2D eigenvalue weighted by Crippen LogP contribution is -2.30. The molecule has 1 aliphatic rings. The Morgan fingerprint density at radius 1 is 1.40 bits per heavy atom. The third-order valence-electron chi connectivity index (χ3n) is 2.72. The molecule has 0 aromatic rings. The molecule has 1 saturated carbocycles. The summed E-state index contributed by atoms with van der Waals surface area (Å²) in [6.45, 7) is 6.01. The Labute approximate surface area is 89.4 Å². The summed E-state index contributed by atoms with van der Waals surface area (Å²) in [7, 11) is 0. The predicted molar refractivity (Wildman–Crippen MR) is 56.3 cm³/mol. The van der Waals surface area contributed by atoms with Crippen molar-refractivity contribution in [1.82, 2.24) is 5.32 Å². The summed E-state index contributed by atoms with van der Waals surface area (Å²) in [6.07, 6.45) is 1.76. The van der Waals surface area contributed by atoms with Gasteiger partial charge in [-0.1, -0.05) is 12.2 Å². The Morgan fingerprint density at radius 3 is 2.47 bits per heavy atom. The van der Waals surface area contributed by atoms with Gasteiger partial charge in [0.05, 0.1) is 5.92 Å². The molecule has 2 atom stereocenters. The van der Waals surface area contributed by atoms with Gasteiger partial charge in [0, 0.05) is 12.5 Å². The first-order valence-corrected chi connectivity index (χ1v) is 5.15. The maximum atomic E-state index is 11.6. The number of carbonyl (C=O) groups is 2. The molecule has 4 heteroatoms. The normalized spacial score (nSPS) is 24.9. The molecule has 0 aliphatic heterocycles.